The highest BCUT2D eigenvalue weighted by Crippen LogP contribution is 2.40. The van der Waals surface area contributed by atoms with Gasteiger partial charge < -0.3 is 4.90 Å². The maximum atomic E-state index is 12.2. The third kappa shape index (κ3) is 5.32. The van der Waals surface area contributed by atoms with E-state index in [2.05, 4.69) is 0 Å². The standard InChI is InChI=1S/C9H12ClF6NO/c1-5(10)3-4-17(2)7(18)6(8(11,12)13)9(14,15)16/h5-6H,3-4H2,1-2H3. The molecule has 0 aliphatic carbocycles. The molecule has 0 spiro atoms. The first-order chi connectivity index (χ1) is 7.87. The van der Waals surface area contributed by atoms with Crippen molar-refractivity contribution in [2.24, 2.45) is 5.92 Å². The molecule has 0 saturated heterocycles. The van der Waals surface area contributed by atoms with Gasteiger partial charge in [-0.1, -0.05) is 0 Å². The Kier molecular flexibility index (Phi) is 5.77. The van der Waals surface area contributed by atoms with Crippen LogP contribution in [0.15, 0.2) is 0 Å². The summed E-state index contributed by atoms with van der Waals surface area (Å²) in [5.74, 6) is -6.01. The smallest absolute Gasteiger partial charge is 0.345 e. The summed E-state index contributed by atoms with van der Waals surface area (Å²) in [7, 11) is 0.881. The molecular formula is C9H12ClF6NO. The summed E-state index contributed by atoms with van der Waals surface area (Å²) in [6, 6.07) is 0. The molecule has 1 atom stereocenters. The number of hydrogen-bond acceptors (Lipinski definition) is 1. The molecule has 18 heavy (non-hydrogen) atoms. The number of amides is 1. The Labute approximate surface area is 105 Å². The van der Waals surface area contributed by atoms with Gasteiger partial charge in [0.05, 0.1) is 0 Å². The second-order valence-corrected chi connectivity index (χ2v) is 4.59. The number of carbonyl (C=O) groups is 1. The number of halogens is 7. The van der Waals surface area contributed by atoms with Gasteiger partial charge in [0.2, 0.25) is 11.8 Å². The van der Waals surface area contributed by atoms with Gasteiger partial charge in [-0.25, -0.2) is 0 Å². The Hall–Kier alpha value is -0.660. The summed E-state index contributed by atoms with van der Waals surface area (Å²) in [5, 5.41) is -0.449. The summed E-state index contributed by atoms with van der Waals surface area (Å²) < 4.78 is 73.4. The molecule has 0 bridgehead atoms. The van der Waals surface area contributed by atoms with Crippen LogP contribution in [-0.2, 0) is 4.79 Å². The zero-order chi connectivity index (χ0) is 14.7. The maximum absolute atomic E-state index is 12.2. The molecule has 108 valence electrons. The van der Waals surface area contributed by atoms with E-state index >= 15 is 0 Å². The lowest BCUT2D eigenvalue weighted by Crippen LogP contribution is -2.48. The van der Waals surface area contributed by atoms with Crippen LogP contribution in [0.25, 0.3) is 0 Å². The number of rotatable bonds is 4. The van der Waals surface area contributed by atoms with Crippen molar-refractivity contribution in [1.82, 2.24) is 4.90 Å². The van der Waals surface area contributed by atoms with Crippen molar-refractivity contribution in [3.05, 3.63) is 0 Å². The van der Waals surface area contributed by atoms with Gasteiger partial charge in [-0.15, -0.1) is 11.6 Å². The maximum Gasteiger partial charge on any atom is 0.409 e. The summed E-state index contributed by atoms with van der Waals surface area (Å²) >= 11 is 5.50. The highest BCUT2D eigenvalue weighted by atomic mass is 35.5. The summed E-state index contributed by atoms with van der Waals surface area (Å²) in [4.78, 5) is 11.6. The Morgan fingerprint density at radius 1 is 1.17 bits per heavy atom. The number of alkyl halides is 7. The first-order valence-electron chi connectivity index (χ1n) is 4.89. The van der Waals surface area contributed by atoms with E-state index in [1.54, 1.807) is 0 Å². The molecule has 9 heteroatoms. The van der Waals surface area contributed by atoms with E-state index in [4.69, 9.17) is 11.6 Å². The predicted octanol–water partition coefficient (Wildman–Crippen LogP) is 3.20. The van der Waals surface area contributed by atoms with Crippen molar-refractivity contribution in [1.29, 1.82) is 0 Å². The molecule has 0 heterocycles. The lowest BCUT2D eigenvalue weighted by Gasteiger charge is -2.27. The lowest BCUT2D eigenvalue weighted by atomic mass is 10.1. The van der Waals surface area contributed by atoms with Crippen LogP contribution in [0.5, 0.6) is 0 Å². The third-order valence-electron chi connectivity index (χ3n) is 2.14. The van der Waals surface area contributed by atoms with Crippen LogP contribution in [0.2, 0.25) is 0 Å². The van der Waals surface area contributed by atoms with E-state index < -0.39 is 29.6 Å². The Morgan fingerprint density at radius 3 is 1.83 bits per heavy atom. The molecular weight excluding hydrogens is 288 g/mol. The van der Waals surface area contributed by atoms with Gasteiger partial charge in [0.15, 0.2) is 0 Å². The molecule has 0 fully saturated rings. The van der Waals surface area contributed by atoms with Crippen molar-refractivity contribution in [2.45, 2.75) is 31.1 Å². The quantitative estimate of drug-likeness (QED) is 0.576. The monoisotopic (exact) mass is 299 g/mol. The molecule has 0 radical (unpaired) electrons. The number of nitrogens with zero attached hydrogens (tertiary/aromatic N) is 1. The molecule has 0 aromatic heterocycles. The van der Waals surface area contributed by atoms with Crippen LogP contribution in [0.4, 0.5) is 26.3 Å². The second kappa shape index (κ2) is 5.99. The van der Waals surface area contributed by atoms with Crippen LogP contribution in [-0.4, -0.2) is 42.1 Å². The lowest BCUT2D eigenvalue weighted by molar-refractivity contribution is -0.277. The average Bonchev–Trinajstić information content (AvgIpc) is 2.08. The van der Waals surface area contributed by atoms with Crippen molar-refractivity contribution in [2.75, 3.05) is 13.6 Å². The van der Waals surface area contributed by atoms with E-state index in [9.17, 15) is 31.1 Å². The Bertz CT molecular complexity index is 274. The molecule has 0 rings (SSSR count). The molecule has 0 saturated carbocycles. The van der Waals surface area contributed by atoms with Crippen LogP contribution in [0, 0.1) is 5.92 Å². The summed E-state index contributed by atoms with van der Waals surface area (Å²) in [6.07, 6.45) is -11.2. The fraction of sp³-hybridized carbons (Fsp3) is 0.889. The molecule has 1 unspecified atom stereocenters. The van der Waals surface area contributed by atoms with Gasteiger partial charge in [0.25, 0.3) is 0 Å². The van der Waals surface area contributed by atoms with Gasteiger partial charge in [0, 0.05) is 19.0 Å². The van der Waals surface area contributed by atoms with E-state index in [0.717, 1.165) is 7.05 Å². The van der Waals surface area contributed by atoms with Gasteiger partial charge in [-0.05, 0) is 13.3 Å². The molecule has 0 N–H and O–H groups in total. The molecule has 0 aromatic carbocycles. The van der Waals surface area contributed by atoms with Crippen LogP contribution < -0.4 is 0 Å². The summed E-state index contributed by atoms with van der Waals surface area (Å²) in [6.45, 7) is 1.25. The van der Waals surface area contributed by atoms with E-state index in [-0.39, 0.29) is 13.0 Å². The summed E-state index contributed by atoms with van der Waals surface area (Å²) in [5.41, 5.74) is 0. The molecule has 0 aliphatic rings. The Morgan fingerprint density at radius 2 is 1.56 bits per heavy atom. The van der Waals surface area contributed by atoms with E-state index in [0.29, 0.717) is 4.90 Å². The predicted molar refractivity (Wildman–Crippen MR) is 53.2 cm³/mol. The van der Waals surface area contributed by atoms with Gasteiger partial charge in [-0.2, -0.15) is 26.3 Å². The topological polar surface area (TPSA) is 20.3 Å². The second-order valence-electron chi connectivity index (χ2n) is 3.85. The van der Waals surface area contributed by atoms with Gasteiger partial charge >= 0.3 is 12.4 Å². The van der Waals surface area contributed by atoms with Crippen molar-refractivity contribution >= 4 is 17.5 Å². The van der Waals surface area contributed by atoms with Crippen molar-refractivity contribution in [3.8, 4) is 0 Å². The minimum Gasteiger partial charge on any atom is -0.345 e. The molecule has 2 nitrogen and oxygen atoms in total. The van der Waals surface area contributed by atoms with Gasteiger partial charge in [-0.3, -0.25) is 4.79 Å². The fourth-order valence-electron chi connectivity index (χ4n) is 1.17. The minimum atomic E-state index is -5.66. The van der Waals surface area contributed by atoms with Crippen LogP contribution in [0.3, 0.4) is 0 Å². The molecule has 0 aliphatic heterocycles. The Balaban J connectivity index is 4.88. The minimum absolute atomic E-state index is 0.103. The van der Waals surface area contributed by atoms with Crippen molar-refractivity contribution in [3.63, 3.8) is 0 Å². The third-order valence-corrected chi connectivity index (χ3v) is 2.36. The highest BCUT2D eigenvalue weighted by molar-refractivity contribution is 6.20. The number of carbonyl (C=O) groups excluding carboxylic acids is 1. The van der Waals surface area contributed by atoms with Gasteiger partial charge in [0.1, 0.15) is 0 Å². The fourth-order valence-corrected chi connectivity index (χ4v) is 1.27. The van der Waals surface area contributed by atoms with E-state index in [1.165, 1.54) is 6.92 Å². The highest BCUT2D eigenvalue weighted by Gasteiger charge is 2.61. The molecule has 1 amide bonds. The van der Waals surface area contributed by atoms with Crippen LogP contribution >= 0.6 is 11.6 Å². The first-order valence-corrected chi connectivity index (χ1v) is 5.33. The average molecular weight is 300 g/mol. The number of hydrogen-bond donors (Lipinski definition) is 0. The normalized spacial score (nSPS) is 14.8. The zero-order valence-electron chi connectivity index (χ0n) is 9.57. The zero-order valence-corrected chi connectivity index (χ0v) is 10.3. The largest absolute Gasteiger partial charge is 0.409 e. The molecule has 0 aromatic rings. The van der Waals surface area contributed by atoms with E-state index in [1.807, 2.05) is 0 Å². The van der Waals surface area contributed by atoms with Crippen molar-refractivity contribution < 1.29 is 31.1 Å². The first kappa shape index (κ1) is 17.3. The van der Waals surface area contributed by atoms with Crippen LogP contribution in [0.1, 0.15) is 13.3 Å². The SMILES string of the molecule is CC(Cl)CCN(C)C(=O)C(C(F)(F)F)C(F)(F)F.